The molecule has 0 bridgehead atoms. The molecule has 1 atom stereocenters. The van der Waals surface area contributed by atoms with Crippen LogP contribution in [0.3, 0.4) is 0 Å². The van der Waals surface area contributed by atoms with E-state index in [1.807, 2.05) is 0 Å². The van der Waals surface area contributed by atoms with E-state index in [1.165, 1.54) is 0 Å². The van der Waals surface area contributed by atoms with Crippen LogP contribution < -0.4 is 0 Å². The van der Waals surface area contributed by atoms with Gasteiger partial charge in [0.05, 0.1) is 0 Å². The molecule has 3 nitrogen and oxygen atoms in total. The number of hydrogen-bond donors (Lipinski definition) is 0. The Balaban J connectivity index is 3.18. The van der Waals surface area contributed by atoms with Gasteiger partial charge in [-0.1, -0.05) is 4.40 Å². The molecule has 1 heterocycles. The molecule has 0 aliphatic rings. The van der Waals surface area contributed by atoms with Gasteiger partial charge in [0.1, 0.15) is 27.5 Å². The summed E-state index contributed by atoms with van der Waals surface area (Å²) in [5, 5.41) is 0. The zero-order valence-electron chi connectivity index (χ0n) is 11.6. The van der Waals surface area contributed by atoms with E-state index in [1.54, 1.807) is 20.8 Å². The normalized spacial score (nSPS) is 14.4. The van der Waals surface area contributed by atoms with Crippen LogP contribution in [0.2, 0.25) is 0 Å². The number of hydrogen-bond acceptors (Lipinski definition) is 3. The van der Waals surface area contributed by atoms with E-state index in [0.29, 0.717) is 18.7 Å². The molecule has 0 aliphatic heterocycles. The van der Waals surface area contributed by atoms with E-state index in [2.05, 4.69) is 9.38 Å². The fraction of sp³-hybridized carbons (Fsp3) is 0.538. The molecule has 1 aromatic rings. The fourth-order valence-corrected chi connectivity index (χ4v) is 2.08. The van der Waals surface area contributed by atoms with E-state index in [-0.39, 0.29) is 11.4 Å². The highest BCUT2D eigenvalue weighted by Crippen LogP contribution is 2.20. The van der Waals surface area contributed by atoms with Gasteiger partial charge >= 0.3 is 0 Å². The number of aromatic nitrogens is 1. The molecule has 0 aromatic carbocycles. The molecule has 0 saturated carbocycles. The second-order valence-corrected chi connectivity index (χ2v) is 7.44. The number of rotatable bonds is 5. The summed E-state index contributed by atoms with van der Waals surface area (Å²) in [6.07, 6.45) is 0.804. The third-order valence-corrected chi connectivity index (χ3v) is 4.05. The Bertz CT molecular complexity index is 492. The summed E-state index contributed by atoms with van der Waals surface area (Å²) in [7, 11) is 0. The van der Waals surface area contributed by atoms with Crippen LogP contribution >= 0.6 is 11.6 Å². The Morgan fingerprint density at radius 2 is 2.05 bits per heavy atom. The number of halogens is 3. The molecule has 0 N–H and O–H groups in total. The smallest absolute Gasteiger partial charge is 0.213 e. The van der Waals surface area contributed by atoms with E-state index in [4.69, 9.17) is 11.6 Å². The molecule has 0 unspecified atom stereocenters. The summed E-state index contributed by atoms with van der Waals surface area (Å²) in [4.78, 5) is 3.51. The van der Waals surface area contributed by atoms with Crippen molar-refractivity contribution in [2.75, 3.05) is 5.88 Å². The topological polar surface area (TPSA) is 48.3 Å². The summed E-state index contributed by atoms with van der Waals surface area (Å²) in [6.45, 7) is 5.25. The number of nitrogens with zero attached hydrogens (tertiary/aromatic N) is 2. The van der Waals surface area contributed by atoms with E-state index in [9.17, 15) is 13.3 Å². The maximum Gasteiger partial charge on any atom is 0.213 e. The molecular weight excluding hydrogens is 306 g/mol. The first-order valence-electron chi connectivity index (χ1n) is 6.13. The Kier molecular flexibility index (Phi) is 6.36. The second-order valence-electron chi connectivity index (χ2n) is 5.16. The van der Waals surface area contributed by atoms with E-state index < -0.39 is 27.9 Å². The molecule has 20 heavy (non-hydrogen) atoms. The van der Waals surface area contributed by atoms with Crippen molar-refractivity contribution in [1.29, 1.82) is 0 Å². The average molecular weight is 323 g/mol. The summed E-state index contributed by atoms with van der Waals surface area (Å²) in [5.41, 5.74) is -0.0244. The average Bonchev–Trinajstić information content (AvgIpc) is 2.36. The summed E-state index contributed by atoms with van der Waals surface area (Å²) in [6, 6.07) is 1.91. The quantitative estimate of drug-likeness (QED) is 0.360. The van der Waals surface area contributed by atoms with Crippen molar-refractivity contribution >= 4 is 28.7 Å². The van der Waals surface area contributed by atoms with Gasteiger partial charge in [-0.25, -0.2) is 9.37 Å². The second kappa shape index (κ2) is 7.33. The van der Waals surface area contributed by atoms with Gasteiger partial charge in [-0.2, -0.15) is 4.39 Å². The Morgan fingerprint density at radius 1 is 1.40 bits per heavy atom. The van der Waals surface area contributed by atoms with Gasteiger partial charge in [-0.3, -0.25) is 0 Å². The van der Waals surface area contributed by atoms with Gasteiger partial charge in [-0.05, 0) is 45.7 Å². The van der Waals surface area contributed by atoms with Crippen LogP contribution in [0.5, 0.6) is 0 Å². The molecular formula is C13H17ClF2N2OS. The summed E-state index contributed by atoms with van der Waals surface area (Å²) < 4.78 is 42.4. The highest BCUT2D eigenvalue weighted by Gasteiger charge is 2.28. The van der Waals surface area contributed by atoms with Gasteiger partial charge in [0, 0.05) is 5.88 Å². The zero-order valence-corrected chi connectivity index (χ0v) is 13.2. The van der Waals surface area contributed by atoms with Crippen molar-refractivity contribution in [3.63, 3.8) is 0 Å². The number of pyridine rings is 1. The Morgan fingerprint density at radius 3 is 2.60 bits per heavy atom. The number of alkyl halides is 1. The van der Waals surface area contributed by atoms with Crippen LogP contribution in [0.25, 0.3) is 0 Å². The van der Waals surface area contributed by atoms with E-state index >= 15 is 0 Å². The van der Waals surface area contributed by atoms with Crippen LogP contribution in [0.1, 0.15) is 39.3 Å². The van der Waals surface area contributed by atoms with Crippen molar-refractivity contribution in [2.45, 2.75) is 38.4 Å². The Hall–Kier alpha value is -0.720. The van der Waals surface area contributed by atoms with Crippen LogP contribution in [0, 0.1) is 11.8 Å². The SMILES string of the molecule is CC(C)(C)[S@+]([O-])/N=C(\CCCCl)c1nc(F)ccc1F. The lowest BCUT2D eigenvalue weighted by Crippen LogP contribution is -2.27. The first kappa shape index (κ1) is 17.3. The standard InChI is InChI=1S/C13H17ClF2N2OS/c1-13(2,3)20(19)18-10(5-4-8-14)12-9(15)6-7-11(16)17-12/h6-7H,4-5,8H2,1-3H3/b18-10+/t20-/m0/s1. The summed E-state index contributed by atoms with van der Waals surface area (Å²) in [5.74, 6) is -1.15. The van der Waals surface area contributed by atoms with Crippen LogP contribution in [0.15, 0.2) is 16.5 Å². The highest BCUT2D eigenvalue weighted by atomic mass is 35.5. The van der Waals surface area contributed by atoms with Crippen molar-refractivity contribution in [3.05, 3.63) is 29.6 Å². The largest absolute Gasteiger partial charge is 0.591 e. The molecule has 0 amide bonds. The maximum atomic E-state index is 13.8. The van der Waals surface area contributed by atoms with Crippen molar-refractivity contribution in [1.82, 2.24) is 4.98 Å². The minimum atomic E-state index is -1.57. The van der Waals surface area contributed by atoms with Gasteiger partial charge in [0.2, 0.25) is 5.95 Å². The third-order valence-electron chi connectivity index (χ3n) is 2.35. The zero-order chi connectivity index (χ0) is 15.3. The first-order valence-corrected chi connectivity index (χ1v) is 7.77. The predicted octanol–water partition coefficient (Wildman–Crippen LogP) is 3.63. The molecule has 0 aliphatic carbocycles. The van der Waals surface area contributed by atoms with Gasteiger partial charge < -0.3 is 4.55 Å². The molecule has 0 saturated heterocycles. The van der Waals surface area contributed by atoms with Crippen LogP contribution in [-0.2, 0) is 11.4 Å². The van der Waals surface area contributed by atoms with Crippen molar-refractivity contribution in [3.8, 4) is 0 Å². The monoisotopic (exact) mass is 322 g/mol. The molecule has 112 valence electrons. The van der Waals surface area contributed by atoms with Gasteiger partial charge in [0.15, 0.2) is 5.82 Å². The molecule has 0 fully saturated rings. The van der Waals surface area contributed by atoms with Gasteiger partial charge in [0.25, 0.3) is 0 Å². The van der Waals surface area contributed by atoms with Crippen molar-refractivity contribution in [2.24, 2.45) is 4.40 Å². The lowest BCUT2D eigenvalue weighted by molar-refractivity contribution is 0.555. The maximum absolute atomic E-state index is 13.8. The molecule has 1 rings (SSSR count). The molecule has 7 heteroatoms. The van der Waals surface area contributed by atoms with Gasteiger partial charge in [-0.15, -0.1) is 11.6 Å². The van der Waals surface area contributed by atoms with E-state index in [0.717, 1.165) is 12.1 Å². The predicted molar refractivity (Wildman–Crippen MR) is 78.5 cm³/mol. The fourth-order valence-electron chi connectivity index (χ4n) is 1.30. The molecule has 0 radical (unpaired) electrons. The minimum absolute atomic E-state index is 0.177. The van der Waals surface area contributed by atoms with Crippen LogP contribution in [0.4, 0.5) is 8.78 Å². The highest BCUT2D eigenvalue weighted by molar-refractivity contribution is 7.91. The van der Waals surface area contributed by atoms with Crippen LogP contribution in [-0.4, -0.2) is 25.9 Å². The molecule has 1 aromatic heterocycles. The first-order chi connectivity index (χ1) is 9.25. The van der Waals surface area contributed by atoms with Crippen molar-refractivity contribution < 1.29 is 13.3 Å². The lowest BCUT2D eigenvalue weighted by Gasteiger charge is -2.19. The third kappa shape index (κ3) is 5.00. The Labute approximate surface area is 125 Å². The minimum Gasteiger partial charge on any atom is -0.591 e. The summed E-state index contributed by atoms with van der Waals surface area (Å²) >= 11 is 4.04. The lowest BCUT2D eigenvalue weighted by atomic mass is 10.1. The molecule has 0 spiro atoms.